The third kappa shape index (κ3) is 4.17. The van der Waals surface area contributed by atoms with Crippen molar-refractivity contribution in [1.29, 1.82) is 0 Å². The number of rotatable bonds is 4. The molecule has 1 aromatic heterocycles. The van der Waals surface area contributed by atoms with Crippen LogP contribution in [-0.2, 0) is 22.4 Å². The molecule has 0 fully saturated rings. The summed E-state index contributed by atoms with van der Waals surface area (Å²) in [6.07, 6.45) is 5.97. The predicted octanol–water partition coefficient (Wildman–Crippen LogP) is 4.96. The first-order valence-corrected chi connectivity index (χ1v) is 9.65. The molecule has 136 valence electrons. The van der Waals surface area contributed by atoms with Gasteiger partial charge >= 0.3 is 5.97 Å². The number of halogens is 1. The minimum absolute atomic E-state index is 0.281. The predicted molar refractivity (Wildman–Crippen MR) is 106 cm³/mol. The van der Waals surface area contributed by atoms with Crippen LogP contribution in [0.5, 0.6) is 0 Å². The third-order valence-electron chi connectivity index (χ3n) is 4.44. The summed E-state index contributed by atoms with van der Waals surface area (Å²) >= 11 is 7.33. The minimum Gasteiger partial charge on any atom is -0.465 e. The highest BCUT2D eigenvalue weighted by molar-refractivity contribution is 7.17. The van der Waals surface area contributed by atoms with E-state index in [0.717, 1.165) is 30.4 Å². The van der Waals surface area contributed by atoms with Gasteiger partial charge in [-0.1, -0.05) is 30.7 Å². The molecular weight excluding hydrogens is 370 g/mol. The highest BCUT2D eigenvalue weighted by atomic mass is 35.5. The summed E-state index contributed by atoms with van der Waals surface area (Å²) in [7, 11) is 1.36. The number of thiophene rings is 1. The number of amides is 1. The number of carbonyl (C=O) groups excluding carboxylic acids is 2. The van der Waals surface area contributed by atoms with Crippen LogP contribution >= 0.6 is 22.9 Å². The van der Waals surface area contributed by atoms with Crippen LogP contribution in [0.4, 0.5) is 5.00 Å². The molecule has 26 heavy (non-hydrogen) atoms. The van der Waals surface area contributed by atoms with Crippen molar-refractivity contribution in [2.45, 2.75) is 26.2 Å². The van der Waals surface area contributed by atoms with Gasteiger partial charge in [-0.15, -0.1) is 11.3 Å². The molecule has 0 aliphatic heterocycles. The molecule has 3 rings (SSSR count). The molecular formula is C20H20ClNO3S. The molecule has 1 aliphatic rings. The highest BCUT2D eigenvalue weighted by Gasteiger charge is 2.28. The van der Waals surface area contributed by atoms with Crippen LogP contribution in [0.3, 0.4) is 0 Å². The lowest BCUT2D eigenvalue weighted by Gasteiger charge is -2.18. The summed E-state index contributed by atoms with van der Waals surface area (Å²) in [4.78, 5) is 25.7. The van der Waals surface area contributed by atoms with E-state index in [1.165, 1.54) is 29.4 Å². The number of anilines is 1. The molecule has 6 heteroatoms. The summed E-state index contributed by atoms with van der Waals surface area (Å²) in [5.74, 6) is -0.0919. The van der Waals surface area contributed by atoms with Crippen molar-refractivity contribution in [3.8, 4) is 0 Å². The van der Waals surface area contributed by atoms with Crippen molar-refractivity contribution in [3.05, 3.63) is 56.9 Å². The van der Waals surface area contributed by atoms with Crippen LogP contribution in [0.25, 0.3) is 6.08 Å². The second kappa shape index (κ2) is 8.06. The van der Waals surface area contributed by atoms with Crippen LogP contribution in [0.2, 0.25) is 5.02 Å². The fourth-order valence-electron chi connectivity index (χ4n) is 3.06. The fourth-order valence-corrected chi connectivity index (χ4v) is 4.58. The number of esters is 1. The lowest BCUT2D eigenvalue weighted by atomic mass is 9.88. The van der Waals surface area contributed by atoms with Gasteiger partial charge in [-0.05, 0) is 54.5 Å². The van der Waals surface area contributed by atoms with Gasteiger partial charge in [-0.2, -0.15) is 0 Å². The largest absolute Gasteiger partial charge is 0.465 e. The van der Waals surface area contributed by atoms with E-state index >= 15 is 0 Å². The smallest absolute Gasteiger partial charge is 0.341 e. The molecule has 1 aromatic carbocycles. The van der Waals surface area contributed by atoms with Gasteiger partial charge in [0.05, 0.1) is 12.7 Å². The van der Waals surface area contributed by atoms with E-state index in [1.807, 2.05) is 12.1 Å². The Morgan fingerprint density at radius 2 is 2.04 bits per heavy atom. The molecule has 1 atom stereocenters. The lowest BCUT2D eigenvalue weighted by Crippen LogP contribution is -2.14. The molecule has 0 spiro atoms. The average Bonchev–Trinajstić information content (AvgIpc) is 2.97. The maximum absolute atomic E-state index is 12.3. The zero-order valence-electron chi connectivity index (χ0n) is 14.7. The molecule has 2 aromatic rings. The number of hydrogen-bond donors (Lipinski definition) is 1. The van der Waals surface area contributed by atoms with Crippen molar-refractivity contribution >= 4 is 45.9 Å². The Morgan fingerprint density at radius 1 is 1.31 bits per heavy atom. The van der Waals surface area contributed by atoms with Gasteiger partial charge in [-0.3, -0.25) is 4.79 Å². The Kier molecular flexibility index (Phi) is 5.79. The number of nitrogens with one attached hydrogen (secondary N) is 1. The van der Waals surface area contributed by atoms with E-state index in [0.29, 0.717) is 21.5 Å². The number of benzene rings is 1. The molecule has 1 aliphatic carbocycles. The van der Waals surface area contributed by atoms with Crippen molar-refractivity contribution < 1.29 is 14.3 Å². The number of ether oxygens (including phenoxy) is 1. The number of methoxy groups -OCH3 is 1. The Bertz CT molecular complexity index is 855. The van der Waals surface area contributed by atoms with E-state index in [1.54, 1.807) is 18.2 Å². The Balaban J connectivity index is 1.81. The van der Waals surface area contributed by atoms with Crippen LogP contribution < -0.4 is 5.32 Å². The van der Waals surface area contributed by atoms with E-state index in [4.69, 9.17) is 16.3 Å². The topological polar surface area (TPSA) is 55.4 Å². The van der Waals surface area contributed by atoms with E-state index in [2.05, 4.69) is 12.2 Å². The van der Waals surface area contributed by atoms with Crippen LogP contribution in [0.15, 0.2) is 30.3 Å². The van der Waals surface area contributed by atoms with Crippen molar-refractivity contribution in [3.63, 3.8) is 0 Å². The van der Waals surface area contributed by atoms with Crippen LogP contribution in [0.1, 0.15) is 39.7 Å². The monoisotopic (exact) mass is 389 g/mol. The second-order valence-electron chi connectivity index (χ2n) is 6.42. The second-order valence-corrected chi connectivity index (χ2v) is 7.96. The minimum atomic E-state index is -0.394. The van der Waals surface area contributed by atoms with Gasteiger partial charge in [0.25, 0.3) is 0 Å². The first-order valence-electron chi connectivity index (χ1n) is 8.45. The number of carbonyl (C=O) groups is 2. The van der Waals surface area contributed by atoms with Crippen molar-refractivity contribution in [1.82, 2.24) is 0 Å². The highest BCUT2D eigenvalue weighted by Crippen LogP contribution is 2.40. The third-order valence-corrected chi connectivity index (χ3v) is 5.86. The van der Waals surface area contributed by atoms with Gasteiger partial charge in [0.2, 0.25) is 5.91 Å². The quantitative estimate of drug-likeness (QED) is 0.593. The maximum atomic E-state index is 12.3. The summed E-state index contributed by atoms with van der Waals surface area (Å²) in [6, 6.07) is 7.19. The first-order chi connectivity index (χ1) is 12.5. The number of hydrogen-bond acceptors (Lipinski definition) is 4. The molecule has 1 amide bonds. The summed E-state index contributed by atoms with van der Waals surface area (Å²) in [5, 5.41) is 4.06. The maximum Gasteiger partial charge on any atom is 0.341 e. The van der Waals surface area contributed by atoms with Gasteiger partial charge in [0.15, 0.2) is 0 Å². The Hall–Kier alpha value is -2.11. The molecule has 1 N–H and O–H groups in total. The van der Waals surface area contributed by atoms with Gasteiger partial charge in [0.1, 0.15) is 5.00 Å². The Labute approximate surface area is 161 Å². The molecule has 0 bridgehead atoms. The van der Waals surface area contributed by atoms with Crippen LogP contribution in [-0.4, -0.2) is 19.0 Å². The number of fused-ring (bicyclic) bond motifs is 1. The van der Waals surface area contributed by atoms with E-state index in [9.17, 15) is 9.59 Å². The summed E-state index contributed by atoms with van der Waals surface area (Å²) in [6.45, 7) is 2.20. The van der Waals surface area contributed by atoms with E-state index in [-0.39, 0.29) is 5.91 Å². The summed E-state index contributed by atoms with van der Waals surface area (Å²) < 4.78 is 4.94. The normalized spacial score (nSPS) is 16.3. The van der Waals surface area contributed by atoms with Gasteiger partial charge in [0, 0.05) is 16.0 Å². The lowest BCUT2D eigenvalue weighted by molar-refractivity contribution is -0.111. The molecule has 4 nitrogen and oxygen atoms in total. The van der Waals surface area contributed by atoms with Gasteiger partial charge < -0.3 is 10.1 Å². The zero-order chi connectivity index (χ0) is 18.7. The molecule has 0 radical (unpaired) electrons. The van der Waals surface area contributed by atoms with Crippen molar-refractivity contribution in [2.24, 2.45) is 5.92 Å². The molecule has 0 saturated carbocycles. The summed E-state index contributed by atoms with van der Waals surface area (Å²) in [5.41, 5.74) is 2.40. The molecule has 1 heterocycles. The van der Waals surface area contributed by atoms with Crippen molar-refractivity contribution in [2.75, 3.05) is 12.4 Å². The molecule has 1 unspecified atom stereocenters. The van der Waals surface area contributed by atoms with Crippen LogP contribution in [0, 0.1) is 5.92 Å². The SMILES string of the molecule is COC(=O)c1c(NC(=O)C=Cc2ccc(Cl)cc2)sc2c1CCC(C)C2. The standard InChI is InChI=1S/C20H20ClNO3S/c1-12-3-9-15-16(11-12)26-19(18(15)20(24)25-2)22-17(23)10-6-13-4-7-14(21)8-5-13/h4-8,10,12H,3,9,11H2,1-2H3,(H,22,23). The average molecular weight is 390 g/mol. The fraction of sp³-hybridized carbons (Fsp3) is 0.300. The first kappa shape index (κ1) is 18.7. The zero-order valence-corrected chi connectivity index (χ0v) is 16.2. The molecule has 0 saturated heterocycles. The Morgan fingerprint density at radius 3 is 2.73 bits per heavy atom. The van der Waals surface area contributed by atoms with Gasteiger partial charge in [-0.25, -0.2) is 4.79 Å². The van der Waals surface area contributed by atoms with E-state index < -0.39 is 5.97 Å².